The molecule has 4 nitrogen and oxygen atoms in total. The van der Waals surface area contributed by atoms with Crippen LogP contribution in [-0.2, 0) is 0 Å². The van der Waals surface area contributed by atoms with Crippen molar-refractivity contribution in [3.05, 3.63) is 47.9 Å². The highest BCUT2D eigenvalue weighted by Crippen LogP contribution is 2.39. The fourth-order valence-electron chi connectivity index (χ4n) is 1.96. The van der Waals surface area contributed by atoms with Gasteiger partial charge in [-0.1, -0.05) is 12.1 Å². The average Bonchev–Trinajstić information content (AvgIpc) is 2.76. The summed E-state index contributed by atoms with van der Waals surface area (Å²) in [5.74, 6) is -0.552. The fraction of sp³-hybridized carbons (Fsp3) is 0.0833. The number of allylic oxidation sites excluding steroid dienone is 1. The Kier molecular flexibility index (Phi) is 1.77. The minimum atomic E-state index is -0.971. The second kappa shape index (κ2) is 3.13. The van der Waals surface area contributed by atoms with Gasteiger partial charge in [-0.2, -0.15) is 0 Å². The van der Waals surface area contributed by atoms with E-state index >= 15 is 0 Å². The Morgan fingerprint density at radius 1 is 1.44 bits per heavy atom. The maximum absolute atomic E-state index is 11.0. The van der Waals surface area contributed by atoms with Crippen molar-refractivity contribution < 1.29 is 14.6 Å². The summed E-state index contributed by atoms with van der Waals surface area (Å²) in [6.07, 6.45) is 5.55. The van der Waals surface area contributed by atoms with E-state index < -0.39 is 5.97 Å². The molecule has 0 saturated carbocycles. The van der Waals surface area contributed by atoms with Crippen LogP contribution in [0.25, 0.3) is 0 Å². The van der Waals surface area contributed by atoms with Crippen LogP contribution < -0.4 is 9.64 Å². The van der Waals surface area contributed by atoms with E-state index in [2.05, 4.69) is 0 Å². The molecule has 1 aromatic rings. The molecule has 16 heavy (non-hydrogen) atoms. The lowest BCUT2D eigenvalue weighted by atomic mass is 10.1. The van der Waals surface area contributed by atoms with E-state index in [0.29, 0.717) is 5.75 Å². The quantitative estimate of drug-likeness (QED) is 0.778. The van der Waals surface area contributed by atoms with Crippen LogP contribution in [0.3, 0.4) is 0 Å². The van der Waals surface area contributed by atoms with Crippen LogP contribution in [-0.4, -0.2) is 17.6 Å². The second-order valence-electron chi connectivity index (χ2n) is 3.63. The molecule has 0 aromatic heterocycles. The molecule has 1 N–H and O–H groups in total. The summed E-state index contributed by atoms with van der Waals surface area (Å²) < 4.78 is 5.39. The predicted octanol–water partition coefficient (Wildman–Crippen LogP) is 1.99. The van der Waals surface area contributed by atoms with Crippen LogP contribution >= 0.6 is 0 Å². The molecule has 0 spiro atoms. The molecular formula is C12H9NO3. The molecule has 4 heteroatoms. The lowest BCUT2D eigenvalue weighted by Gasteiger charge is -2.27. The summed E-state index contributed by atoms with van der Waals surface area (Å²) in [4.78, 5) is 13.0. The molecule has 0 atom stereocenters. The number of para-hydroxylation sites is 1. The van der Waals surface area contributed by atoms with E-state index in [1.54, 1.807) is 18.4 Å². The summed E-state index contributed by atoms with van der Waals surface area (Å²) in [6.45, 7) is 0.755. The highest BCUT2D eigenvalue weighted by molar-refractivity contribution is 5.94. The summed E-state index contributed by atoms with van der Waals surface area (Å²) >= 11 is 0. The summed E-state index contributed by atoms with van der Waals surface area (Å²) in [6, 6.07) is 5.14. The molecule has 0 amide bonds. The number of hydrogen-bond donors (Lipinski definition) is 1. The fourth-order valence-corrected chi connectivity index (χ4v) is 1.96. The number of hydrogen-bond acceptors (Lipinski definition) is 3. The third-order valence-corrected chi connectivity index (χ3v) is 2.70. The minimum Gasteiger partial charge on any atom is -0.478 e. The molecule has 0 unspecified atom stereocenters. The second-order valence-corrected chi connectivity index (χ2v) is 3.63. The van der Waals surface area contributed by atoms with Crippen molar-refractivity contribution in [1.29, 1.82) is 0 Å². The monoisotopic (exact) mass is 215 g/mol. The molecule has 0 fully saturated rings. The Bertz CT molecular complexity index is 531. The summed E-state index contributed by atoms with van der Waals surface area (Å²) in [5.41, 5.74) is 1.96. The minimum absolute atomic E-state index is 0.194. The number of carbonyl (C=O) groups is 1. The standard InChI is InChI=1S/C12H9NO3/c14-12(15)9-4-1-5-10-11(9)16-7-8-3-2-6-13(8)10/h1-5,7H,6H2,(H,14,15). The molecule has 2 aliphatic rings. The van der Waals surface area contributed by atoms with E-state index in [4.69, 9.17) is 9.84 Å². The van der Waals surface area contributed by atoms with E-state index in [1.165, 1.54) is 0 Å². The van der Waals surface area contributed by atoms with Crippen molar-refractivity contribution in [2.45, 2.75) is 0 Å². The van der Waals surface area contributed by atoms with Gasteiger partial charge >= 0.3 is 5.97 Å². The number of aromatic carboxylic acids is 1. The van der Waals surface area contributed by atoms with Crippen LogP contribution in [0.5, 0.6) is 5.75 Å². The predicted molar refractivity (Wildman–Crippen MR) is 58.6 cm³/mol. The van der Waals surface area contributed by atoms with Crippen LogP contribution in [0.1, 0.15) is 10.4 Å². The zero-order chi connectivity index (χ0) is 11.1. The Labute approximate surface area is 92.1 Å². The van der Waals surface area contributed by atoms with Gasteiger partial charge in [-0.15, -0.1) is 0 Å². The summed E-state index contributed by atoms with van der Waals surface area (Å²) in [7, 11) is 0. The number of ether oxygens (including phenoxy) is 1. The topological polar surface area (TPSA) is 49.8 Å². The van der Waals surface area contributed by atoms with E-state index in [9.17, 15) is 4.79 Å². The number of fused-ring (bicyclic) bond motifs is 3. The Hall–Kier alpha value is -2.23. The molecule has 0 saturated heterocycles. The molecule has 2 heterocycles. The molecule has 2 aliphatic heterocycles. The smallest absolute Gasteiger partial charge is 0.339 e. The highest BCUT2D eigenvalue weighted by atomic mass is 16.5. The zero-order valence-corrected chi connectivity index (χ0v) is 8.38. The number of rotatable bonds is 1. The third-order valence-electron chi connectivity index (χ3n) is 2.70. The van der Waals surface area contributed by atoms with Gasteiger partial charge < -0.3 is 14.7 Å². The van der Waals surface area contributed by atoms with Crippen LogP contribution in [0.4, 0.5) is 5.69 Å². The van der Waals surface area contributed by atoms with Gasteiger partial charge in [-0.05, 0) is 18.2 Å². The van der Waals surface area contributed by atoms with Crippen molar-refractivity contribution in [2.75, 3.05) is 11.4 Å². The first-order valence-corrected chi connectivity index (χ1v) is 4.94. The first-order chi connectivity index (χ1) is 7.77. The number of carboxylic acids is 1. The molecule has 0 aliphatic carbocycles. The summed E-state index contributed by atoms with van der Waals surface area (Å²) in [5, 5.41) is 9.05. The van der Waals surface area contributed by atoms with Gasteiger partial charge in [0.1, 0.15) is 11.8 Å². The van der Waals surface area contributed by atoms with Gasteiger partial charge in [0, 0.05) is 6.54 Å². The number of nitrogens with zero attached hydrogens (tertiary/aromatic N) is 1. The SMILES string of the molecule is O=C(O)c1cccc2c1OC=C1C=CCN12. The zero-order valence-electron chi connectivity index (χ0n) is 8.38. The van der Waals surface area contributed by atoms with Gasteiger partial charge in [0.25, 0.3) is 0 Å². The normalized spacial score (nSPS) is 16.2. The van der Waals surface area contributed by atoms with Gasteiger partial charge in [-0.25, -0.2) is 4.79 Å². The van der Waals surface area contributed by atoms with Gasteiger partial charge in [0.15, 0.2) is 5.75 Å². The molecule has 0 radical (unpaired) electrons. The van der Waals surface area contributed by atoms with Gasteiger partial charge in [0.05, 0.1) is 11.4 Å². The first-order valence-electron chi connectivity index (χ1n) is 4.94. The maximum atomic E-state index is 11.0. The van der Waals surface area contributed by atoms with Crippen molar-refractivity contribution in [3.63, 3.8) is 0 Å². The molecule has 3 rings (SSSR count). The van der Waals surface area contributed by atoms with E-state index in [0.717, 1.165) is 17.9 Å². The Morgan fingerprint density at radius 3 is 3.12 bits per heavy atom. The van der Waals surface area contributed by atoms with Crippen molar-refractivity contribution in [3.8, 4) is 5.75 Å². The number of anilines is 1. The Balaban J connectivity index is 2.16. The Morgan fingerprint density at radius 2 is 2.31 bits per heavy atom. The first kappa shape index (κ1) is 9.03. The van der Waals surface area contributed by atoms with Crippen LogP contribution in [0.2, 0.25) is 0 Å². The lowest BCUT2D eigenvalue weighted by molar-refractivity contribution is 0.0694. The van der Waals surface area contributed by atoms with Crippen molar-refractivity contribution in [1.82, 2.24) is 0 Å². The molecule has 1 aromatic carbocycles. The largest absolute Gasteiger partial charge is 0.478 e. The maximum Gasteiger partial charge on any atom is 0.339 e. The number of benzene rings is 1. The van der Waals surface area contributed by atoms with Crippen molar-refractivity contribution in [2.24, 2.45) is 0 Å². The van der Waals surface area contributed by atoms with E-state index in [-0.39, 0.29) is 5.56 Å². The van der Waals surface area contributed by atoms with Crippen molar-refractivity contribution >= 4 is 11.7 Å². The molecular weight excluding hydrogens is 206 g/mol. The third kappa shape index (κ3) is 1.13. The highest BCUT2D eigenvalue weighted by Gasteiger charge is 2.25. The molecule has 80 valence electrons. The van der Waals surface area contributed by atoms with Gasteiger partial charge in [-0.3, -0.25) is 0 Å². The molecule has 0 bridgehead atoms. The van der Waals surface area contributed by atoms with Crippen LogP contribution in [0, 0.1) is 0 Å². The lowest BCUT2D eigenvalue weighted by Crippen LogP contribution is -2.22. The van der Waals surface area contributed by atoms with Crippen LogP contribution in [0.15, 0.2) is 42.3 Å². The van der Waals surface area contributed by atoms with E-state index in [1.807, 2.05) is 23.1 Å². The number of carboxylic acid groups (broad SMARTS) is 1. The average molecular weight is 215 g/mol. The van der Waals surface area contributed by atoms with Gasteiger partial charge in [0.2, 0.25) is 0 Å².